The molecule has 12 aliphatic carbocycles. The average molecular weight is 385 g/mol. The molecule has 25 atom stereocenters. The van der Waals surface area contributed by atoms with Crippen LogP contribution in [0.25, 0.3) is 0 Å². The topological polar surface area (TPSA) is 0 Å². The van der Waals surface area contributed by atoms with Gasteiger partial charge in [0.2, 0.25) is 0 Å². The van der Waals surface area contributed by atoms with Crippen molar-refractivity contribution < 1.29 is 0 Å². The molecule has 0 saturated heterocycles. The van der Waals surface area contributed by atoms with E-state index in [1.807, 2.05) is 0 Å². The lowest BCUT2D eigenvalue weighted by atomic mass is 9.06. The Kier molecular flexibility index (Phi) is 1.73. The minimum atomic E-state index is 1.09. The van der Waals surface area contributed by atoms with Gasteiger partial charge in [-0.2, -0.15) is 0 Å². The lowest BCUT2D eigenvalue weighted by Gasteiger charge is -2.98. The summed E-state index contributed by atoms with van der Waals surface area (Å²) in [4.78, 5) is 0. The van der Waals surface area contributed by atoms with Crippen molar-refractivity contribution in [2.45, 2.75) is 27.2 Å². The standard InChI is InChI=1S/C29H36/c1-5-4-8-9(5)13-12(8)16-17(13)21-20(16)24-25(21)29-27-23-19-15-11-7(3)6(2)10(11)14(15)18(19)22(23)26(27)28(24)29/h5-29H,4H2,1-3H3/t5-,6-,7?,8+,9?,10-,11?,12+,13?,14-,15?,16+,17?,18-,19?,20+,21?,22-,23?,24+,25?,26-,27?,28-,29?/m1/s1. The normalized spacial score (nSPS) is 94.2. The van der Waals surface area contributed by atoms with Crippen LogP contribution in [0.4, 0.5) is 0 Å². The summed E-state index contributed by atoms with van der Waals surface area (Å²) < 4.78 is 0. The van der Waals surface area contributed by atoms with E-state index in [1.165, 1.54) is 130 Å². The Hall–Kier alpha value is 0. The van der Waals surface area contributed by atoms with Gasteiger partial charge < -0.3 is 0 Å². The average Bonchev–Trinajstić information content (AvgIpc) is 2.65. The smallest absolute Gasteiger partial charge is 0.0312 e. The predicted octanol–water partition coefficient (Wildman–Crippen LogP) is 5.00. The molecule has 0 aliphatic heterocycles. The van der Waals surface area contributed by atoms with Gasteiger partial charge in [-0.3, -0.25) is 0 Å². The van der Waals surface area contributed by atoms with Crippen molar-refractivity contribution in [3.05, 3.63) is 0 Å². The van der Waals surface area contributed by atoms with E-state index in [0.29, 0.717) is 0 Å². The monoisotopic (exact) mass is 384 g/mol. The molecule has 0 heterocycles. The van der Waals surface area contributed by atoms with Crippen LogP contribution in [0.5, 0.6) is 0 Å². The van der Waals surface area contributed by atoms with Crippen molar-refractivity contribution in [3.8, 4) is 0 Å². The molecule has 0 spiro atoms. The Labute approximate surface area is 175 Å². The van der Waals surface area contributed by atoms with E-state index >= 15 is 0 Å². The van der Waals surface area contributed by atoms with E-state index in [4.69, 9.17) is 0 Å². The number of hydrogen-bond donors (Lipinski definition) is 0. The summed E-state index contributed by atoms with van der Waals surface area (Å²) in [6.07, 6.45) is 1.63. The van der Waals surface area contributed by atoms with E-state index in [0.717, 1.165) is 17.8 Å². The third kappa shape index (κ3) is 0.913. The van der Waals surface area contributed by atoms with Crippen LogP contribution in [-0.2, 0) is 0 Å². The summed E-state index contributed by atoms with van der Waals surface area (Å²) in [7, 11) is 0. The Morgan fingerprint density at radius 3 is 0.931 bits per heavy atom. The van der Waals surface area contributed by atoms with Crippen molar-refractivity contribution in [1.82, 2.24) is 0 Å². The second-order valence-electron chi connectivity index (χ2n) is 15.7. The van der Waals surface area contributed by atoms with Crippen LogP contribution in [-0.4, -0.2) is 0 Å². The summed E-state index contributed by atoms with van der Waals surface area (Å²) in [6.45, 7) is 7.79. The zero-order chi connectivity index (χ0) is 18.1. The summed E-state index contributed by atoms with van der Waals surface area (Å²) in [5, 5.41) is 0. The van der Waals surface area contributed by atoms with Gasteiger partial charge in [0.25, 0.3) is 0 Å². The van der Waals surface area contributed by atoms with Crippen molar-refractivity contribution in [1.29, 1.82) is 0 Å². The first kappa shape index (κ1) is 14.2. The lowest BCUT2D eigenvalue weighted by molar-refractivity contribution is -0.519. The number of hydrogen-bond acceptors (Lipinski definition) is 0. The summed E-state index contributed by atoms with van der Waals surface area (Å²) >= 11 is 0. The maximum Gasteiger partial charge on any atom is -0.0312 e. The third-order valence-electron chi connectivity index (χ3n) is 17.2. The zero-order valence-corrected chi connectivity index (χ0v) is 18.1. The van der Waals surface area contributed by atoms with Crippen molar-refractivity contribution in [2.75, 3.05) is 0 Å². The molecule has 0 aromatic carbocycles. The van der Waals surface area contributed by atoms with E-state index in [1.54, 1.807) is 6.42 Å². The molecule has 0 heteroatoms. The minimum absolute atomic E-state index is 1.09. The number of fused-ring (bicyclic) bond motifs is 31. The SMILES string of the molecule is CC1C2C3C4C5C6C7C8C9C%10C%11C%12[C@H](C)C[C@@H]%12[C@@H]%11[C@@H]%10[C@@H]9[C@@H]8[C@@H]7[C@@H]6[C@@H]5[C@@H]4[C@@H]3[C@@H]2[C@@H]1C. The molecule has 0 aromatic heterocycles. The highest BCUT2D eigenvalue weighted by Gasteiger charge is 2.94. The van der Waals surface area contributed by atoms with Gasteiger partial charge in [-0.05, 0) is 154 Å². The largest absolute Gasteiger partial charge is 0.0622 e. The maximum absolute atomic E-state index is 2.60. The second kappa shape index (κ2) is 3.53. The molecule has 12 saturated carbocycles. The molecule has 12 fully saturated rings. The van der Waals surface area contributed by atoms with Crippen LogP contribution < -0.4 is 0 Å². The Morgan fingerprint density at radius 2 is 0.586 bits per heavy atom. The van der Waals surface area contributed by atoms with Crippen LogP contribution in [0.2, 0.25) is 0 Å². The molecule has 152 valence electrons. The first-order valence-electron chi connectivity index (χ1n) is 14.2. The molecule has 0 radical (unpaired) electrons. The van der Waals surface area contributed by atoms with Crippen LogP contribution in [0.1, 0.15) is 27.2 Å². The van der Waals surface area contributed by atoms with Gasteiger partial charge in [-0.25, -0.2) is 0 Å². The summed E-state index contributed by atoms with van der Waals surface area (Å²) in [5.41, 5.74) is 0. The first-order valence-corrected chi connectivity index (χ1v) is 14.2. The van der Waals surface area contributed by atoms with Gasteiger partial charge >= 0.3 is 0 Å². The fraction of sp³-hybridized carbons (Fsp3) is 1.00. The Morgan fingerprint density at radius 1 is 0.310 bits per heavy atom. The van der Waals surface area contributed by atoms with E-state index < -0.39 is 0 Å². The molecule has 12 rings (SSSR count). The number of rotatable bonds is 0. The molecule has 0 amide bonds. The van der Waals surface area contributed by atoms with Crippen LogP contribution >= 0.6 is 0 Å². The van der Waals surface area contributed by atoms with Gasteiger partial charge in [0.1, 0.15) is 0 Å². The molecular weight excluding hydrogens is 348 g/mol. The second-order valence-corrected chi connectivity index (χ2v) is 15.7. The molecule has 0 aromatic rings. The van der Waals surface area contributed by atoms with Crippen molar-refractivity contribution >= 4 is 0 Å². The van der Waals surface area contributed by atoms with Crippen LogP contribution in [0.15, 0.2) is 0 Å². The maximum atomic E-state index is 2.60. The summed E-state index contributed by atoms with van der Waals surface area (Å²) in [5.74, 6) is 31.4. The fourth-order valence-electron chi connectivity index (χ4n) is 17.0. The highest BCUT2D eigenvalue weighted by atomic mass is 15.0. The minimum Gasteiger partial charge on any atom is -0.0622 e. The quantitative estimate of drug-likeness (QED) is 0.515. The van der Waals surface area contributed by atoms with Gasteiger partial charge in [-0.1, -0.05) is 20.8 Å². The van der Waals surface area contributed by atoms with Crippen molar-refractivity contribution in [3.63, 3.8) is 0 Å². The highest BCUT2D eigenvalue weighted by molar-refractivity contribution is 5.41. The van der Waals surface area contributed by atoms with Gasteiger partial charge in [0.05, 0.1) is 0 Å². The van der Waals surface area contributed by atoms with Gasteiger partial charge in [0.15, 0.2) is 0 Å². The third-order valence-corrected chi connectivity index (χ3v) is 17.2. The Balaban J connectivity index is 0.849. The molecular formula is C29H36. The lowest BCUT2D eigenvalue weighted by Crippen LogP contribution is -2.95. The molecule has 12 unspecified atom stereocenters. The highest BCUT2D eigenvalue weighted by Crippen LogP contribution is 2.98. The molecule has 0 bridgehead atoms. The Bertz CT molecular complexity index is 944. The molecule has 0 N–H and O–H groups in total. The van der Waals surface area contributed by atoms with E-state index in [2.05, 4.69) is 20.8 Å². The molecule has 12 aliphatic rings. The van der Waals surface area contributed by atoms with Crippen LogP contribution in [0.3, 0.4) is 0 Å². The van der Waals surface area contributed by atoms with E-state index in [9.17, 15) is 0 Å². The van der Waals surface area contributed by atoms with Crippen LogP contribution in [0, 0.1) is 148 Å². The van der Waals surface area contributed by atoms with Gasteiger partial charge in [-0.15, -0.1) is 0 Å². The first-order chi connectivity index (χ1) is 14.2. The van der Waals surface area contributed by atoms with Crippen molar-refractivity contribution in [2.24, 2.45) is 148 Å². The predicted molar refractivity (Wildman–Crippen MR) is 109 cm³/mol. The molecule has 0 nitrogen and oxygen atoms in total. The fourth-order valence-corrected chi connectivity index (χ4v) is 17.0. The van der Waals surface area contributed by atoms with E-state index in [-0.39, 0.29) is 0 Å². The van der Waals surface area contributed by atoms with Gasteiger partial charge in [0, 0.05) is 0 Å². The zero-order valence-electron chi connectivity index (χ0n) is 18.1. The summed E-state index contributed by atoms with van der Waals surface area (Å²) in [6, 6.07) is 0. The molecule has 29 heavy (non-hydrogen) atoms.